The third-order valence-corrected chi connectivity index (χ3v) is 1.70. The molecule has 0 bridgehead atoms. The van der Waals surface area contributed by atoms with Crippen LogP contribution in [0.1, 0.15) is 18.6 Å². The fraction of sp³-hybridized carbons (Fsp3) is 0.222. The zero-order valence-electron chi connectivity index (χ0n) is 7.36. The van der Waals surface area contributed by atoms with Crippen LogP contribution in [0.5, 0.6) is 0 Å². The number of primary amides is 1. The molecule has 0 aromatic heterocycles. The van der Waals surface area contributed by atoms with E-state index in [1.165, 1.54) is 0 Å². The Bertz CT molecular complexity index is 295. The van der Waals surface area contributed by atoms with E-state index in [2.05, 4.69) is 0 Å². The van der Waals surface area contributed by atoms with E-state index in [0.717, 1.165) is 5.56 Å². The number of rotatable bonds is 2. The molecule has 1 aromatic rings. The number of amides is 1. The molecule has 0 saturated heterocycles. The van der Waals surface area contributed by atoms with Crippen LogP contribution in [0.4, 0.5) is 10.5 Å². The molecule has 0 heterocycles. The van der Waals surface area contributed by atoms with Crippen LogP contribution >= 0.6 is 0 Å². The van der Waals surface area contributed by atoms with Crippen molar-refractivity contribution in [3.63, 3.8) is 0 Å². The van der Waals surface area contributed by atoms with Crippen molar-refractivity contribution in [2.75, 3.05) is 5.73 Å². The van der Waals surface area contributed by atoms with E-state index >= 15 is 0 Å². The van der Waals surface area contributed by atoms with E-state index in [0.29, 0.717) is 5.69 Å². The molecule has 1 atom stereocenters. The zero-order chi connectivity index (χ0) is 9.84. The summed E-state index contributed by atoms with van der Waals surface area (Å²) in [4.78, 5) is 10.4. The van der Waals surface area contributed by atoms with E-state index in [-0.39, 0.29) is 6.10 Å². The van der Waals surface area contributed by atoms with Crippen LogP contribution in [-0.4, -0.2) is 6.09 Å². The Morgan fingerprint density at radius 3 is 2.38 bits per heavy atom. The molecule has 4 nitrogen and oxygen atoms in total. The maximum absolute atomic E-state index is 10.4. The number of hydrogen-bond acceptors (Lipinski definition) is 3. The van der Waals surface area contributed by atoms with Gasteiger partial charge in [0.2, 0.25) is 0 Å². The van der Waals surface area contributed by atoms with E-state index in [4.69, 9.17) is 16.2 Å². The summed E-state index contributed by atoms with van der Waals surface area (Å²) in [7, 11) is 0. The Morgan fingerprint density at radius 2 is 1.92 bits per heavy atom. The van der Waals surface area contributed by atoms with Gasteiger partial charge in [-0.3, -0.25) is 0 Å². The molecule has 0 saturated carbocycles. The minimum atomic E-state index is -0.774. The predicted octanol–water partition coefficient (Wildman–Crippen LogP) is 1.43. The van der Waals surface area contributed by atoms with Crippen molar-refractivity contribution in [2.45, 2.75) is 13.0 Å². The first-order chi connectivity index (χ1) is 6.09. The lowest BCUT2D eigenvalue weighted by Crippen LogP contribution is -2.15. The van der Waals surface area contributed by atoms with E-state index in [1.54, 1.807) is 31.2 Å². The average molecular weight is 180 g/mol. The standard InChI is InChI=1S/C9H12N2O2/c1-6(13-9(11)12)7-2-4-8(10)5-3-7/h2-6H,10H2,1H3,(H2,11,12). The molecule has 1 aromatic carbocycles. The van der Waals surface area contributed by atoms with Crippen molar-refractivity contribution in [1.29, 1.82) is 0 Å². The van der Waals surface area contributed by atoms with Gasteiger partial charge in [-0.2, -0.15) is 0 Å². The van der Waals surface area contributed by atoms with Crippen LogP contribution in [0.3, 0.4) is 0 Å². The molecule has 13 heavy (non-hydrogen) atoms. The molecule has 1 rings (SSSR count). The summed E-state index contributed by atoms with van der Waals surface area (Å²) < 4.78 is 4.77. The summed E-state index contributed by atoms with van der Waals surface area (Å²) in [6.07, 6.45) is -1.11. The largest absolute Gasteiger partial charge is 0.442 e. The molecular weight excluding hydrogens is 168 g/mol. The lowest BCUT2D eigenvalue weighted by Gasteiger charge is -2.11. The van der Waals surface area contributed by atoms with Gasteiger partial charge in [-0.15, -0.1) is 0 Å². The van der Waals surface area contributed by atoms with Crippen molar-refractivity contribution in [3.05, 3.63) is 29.8 Å². The number of carbonyl (C=O) groups excluding carboxylic acids is 1. The maximum atomic E-state index is 10.4. The molecule has 4 N–H and O–H groups in total. The predicted molar refractivity (Wildman–Crippen MR) is 49.9 cm³/mol. The molecule has 70 valence electrons. The van der Waals surface area contributed by atoms with E-state index < -0.39 is 6.09 Å². The number of carbonyl (C=O) groups is 1. The lowest BCUT2D eigenvalue weighted by atomic mass is 10.1. The molecular formula is C9H12N2O2. The topological polar surface area (TPSA) is 78.3 Å². The fourth-order valence-corrected chi connectivity index (χ4v) is 1.01. The van der Waals surface area contributed by atoms with E-state index in [1.807, 2.05) is 0 Å². The number of benzene rings is 1. The average Bonchev–Trinajstić information content (AvgIpc) is 2.04. The Hall–Kier alpha value is -1.71. The van der Waals surface area contributed by atoms with Crippen LogP contribution in [0.2, 0.25) is 0 Å². The highest BCUT2D eigenvalue weighted by atomic mass is 16.6. The number of nitrogen functional groups attached to an aromatic ring is 1. The molecule has 1 unspecified atom stereocenters. The number of hydrogen-bond donors (Lipinski definition) is 2. The highest BCUT2D eigenvalue weighted by molar-refractivity contribution is 5.65. The summed E-state index contributed by atoms with van der Waals surface area (Å²) in [5.41, 5.74) is 11.9. The highest BCUT2D eigenvalue weighted by Crippen LogP contribution is 2.17. The van der Waals surface area contributed by atoms with Gasteiger partial charge < -0.3 is 16.2 Å². The highest BCUT2D eigenvalue weighted by Gasteiger charge is 2.07. The third-order valence-electron chi connectivity index (χ3n) is 1.70. The first kappa shape index (κ1) is 9.38. The molecule has 0 spiro atoms. The molecule has 0 fully saturated rings. The van der Waals surface area contributed by atoms with Crippen molar-refractivity contribution in [2.24, 2.45) is 5.73 Å². The third kappa shape index (κ3) is 2.66. The summed E-state index contributed by atoms with van der Waals surface area (Å²) >= 11 is 0. The van der Waals surface area contributed by atoms with Gasteiger partial charge in [0.05, 0.1) is 0 Å². The Kier molecular flexibility index (Phi) is 2.74. The molecule has 1 amide bonds. The van der Waals surface area contributed by atoms with Crippen molar-refractivity contribution in [1.82, 2.24) is 0 Å². The quantitative estimate of drug-likeness (QED) is 0.675. The van der Waals surface area contributed by atoms with Crippen molar-refractivity contribution < 1.29 is 9.53 Å². The van der Waals surface area contributed by atoms with Gasteiger partial charge in [-0.1, -0.05) is 12.1 Å². The van der Waals surface area contributed by atoms with Crippen LogP contribution in [-0.2, 0) is 4.74 Å². The van der Waals surface area contributed by atoms with Crippen LogP contribution in [0, 0.1) is 0 Å². The monoisotopic (exact) mass is 180 g/mol. The minimum absolute atomic E-state index is 0.335. The van der Waals surface area contributed by atoms with Crippen molar-refractivity contribution in [3.8, 4) is 0 Å². The number of anilines is 1. The summed E-state index contributed by atoms with van der Waals surface area (Å²) in [6, 6.07) is 7.08. The second-order valence-corrected chi connectivity index (χ2v) is 2.75. The van der Waals surface area contributed by atoms with Gasteiger partial charge >= 0.3 is 6.09 Å². The zero-order valence-corrected chi connectivity index (χ0v) is 7.36. The molecule has 0 radical (unpaired) electrons. The summed E-state index contributed by atoms with van der Waals surface area (Å²) in [6.45, 7) is 1.75. The lowest BCUT2D eigenvalue weighted by molar-refractivity contribution is 0.116. The molecule has 0 aliphatic carbocycles. The second-order valence-electron chi connectivity index (χ2n) is 2.75. The SMILES string of the molecule is CC(OC(N)=O)c1ccc(N)cc1. The second kappa shape index (κ2) is 3.80. The molecule has 0 aliphatic heterocycles. The Morgan fingerprint density at radius 1 is 1.38 bits per heavy atom. The first-order valence-corrected chi connectivity index (χ1v) is 3.91. The molecule has 4 heteroatoms. The first-order valence-electron chi connectivity index (χ1n) is 3.91. The smallest absolute Gasteiger partial charge is 0.405 e. The van der Waals surface area contributed by atoms with E-state index in [9.17, 15) is 4.79 Å². The normalized spacial score (nSPS) is 12.1. The van der Waals surface area contributed by atoms with Gasteiger partial charge in [0, 0.05) is 5.69 Å². The van der Waals surface area contributed by atoms with Crippen LogP contribution in [0.25, 0.3) is 0 Å². The van der Waals surface area contributed by atoms with Gasteiger partial charge in [0.1, 0.15) is 6.10 Å². The minimum Gasteiger partial charge on any atom is -0.442 e. The Labute approximate surface area is 76.5 Å². The van der Waals surface area contributed by atoms with Gasteiger partial charge in [0.15, 0.2) is 0 Å². The fourth-order valence-electron chi connectivity index (χ4n) is 1.01. The van der Waals surface area contributed by atoms with Crippen LogP contribution in [0.15, 0.2) is 24.3 Å². The van der Waals surface area contributed by atoms with Gasteiger partial charge in [-0.05, 0) is 24.6 Å². The Balaban J connectivity index is 2.71. The number of nitrogens with two attached hydrogens (primary N) is 2. The summed E-state index contributed by atoms with van der Waals surface area (Å²) in [5, 5.41) is 0. The van der Waals surface area contributed by atoms with Gasteiger partial charge in [-0.25, -0.2) is 4.79 Å². The van der Waals surface area contributed by atoms with Crippen molar-refractivity contribution >= 4 is 11.8 Å². The molecule has 0 aliphatic rings. The van der Waals surface area contributed by atoms with Gasteiger partial charge in [0.25, 0.3) is 0 Å². The van der Waals surface area contributed by atoms with Crippen LogP contribution < -0.4 is 11.5 Å². The maximum Gasteiger partial charge on any atom is 0.405 e. The number of ether oxygens (including phenoxy) is 1. The summed E-state index contributed by atoms with van der Waals surface area (Å²) in [5.74, 6) is 0.